The molecule has 1 rings (SSSR count). The lowest BCUT2D eigenvalue weighted by molar-refractivity contribution is -0.143. The molecule has 1 saturated heterocycles. The van der Waals surface area contributed by atoms with E-state index in [4.69, 9.17) is 0 Å². The van der Waals surface area contributed by atoms with Gasteiger partial charge < -0.3 is 5.32 Å². The number of carbonyl (C=O) groups is 1. The van der Waals surface area contributed by atoms with Gasteiger partial charge in [-0.2, -0.15) is 13.2 Å². The monoisotopic (exact) mass is 320 g/mol. The third kappa shape index (κ3) is 9.07. The van der Waals surface area contributed by atoms with Gasteiger partial charge in [-0.05, 0) is 43.2 Å². The highest BCUT2D eigenvalue weighted by Crippen LogP contribution is 2.24. The van der Waals surface area contributed by atoms with Crippen LogP contribution >= 0.6 is 0 Å². The van der Waals surface area contributed by atoms with E-state index in [1.165, 1.54) is 11.0 Å². The third-order valence-corrected chi connectivity index (χ3v) is 3.69. The second kappa shape index (κ2) is 7.99. The van der Waals surface area contributed by atoms with Crippen molar-refractivity contribution in [1.29, 1.82) is 0 Å². The van der Waals surface area contributed by atoms with Crippen LogP contribution in [0.25, 0.3) is 0 Å². The van der Waals surface area contributed by atoms with Gasteiger partial charge in [-0.15, -0.1) is 0 Å². The highest BCUT2D eigenvalue weighted by Gasteiger charge is 2.33. The Bertz CT molecular complexity index is 386. The number of amides is 1. The van der Waals surface area contributed by atoms with E-state index < -0.39 is 12.7 Å². The lowest BCUT2D eigenvalue weighted by atomic mass is 9.92. The van der Waals surface area contributed by atoms with E-state index in [0.717, 1.165) is 12.8 Å². The maximum Gasteiger partial charge on any atom is 0.401 e. The summed E-state index contributed by atoms with van der Waals surface area (Å²) in [5, 5.41) is 2.82. The number of hydrogen-bond acceptors (Lipinski definition) is 2. The molecule has 1 amide bonds. The molecular formula is C16H27F3N2O. The summed E-state index contributed by atoms with van der Waals surface area (Å²) in [6.07, 6.45) is 1.45. The van der Waals surface area contributed by atoms with E-state index in [9.17, 15) is 18.0 Å². The van der Waals surface area contributed by atoms with Gasteiger partial charge in [0.05, 0.1) is 6.54 Å². The average Bonchev–Trinajstić information content (AvgIpc) is 2.72. The standard InChI is InChI=1S/C16H27F3N2O/c1-15(2,3)8-9-20-14(22)6-4-5-13-7-10-21(11-13)12-16(17,18)19/h4,6,13H,5,7-12H2,1-3H3,(H,20,22)/b6-4-/t13-/m1/s1. The van der Waals surface area contributed by atoms with Crippen LogP contribution < -0.4 is 5.32 Å². The quantitative estimate of drug-likeness (QED) is 0.761. The Morgan fingerprint density at radius 1 is 1.32 bits per heavy atom. The number of nitrogens with zero attached hydrogens (tertiary/aromatic N) is 1. The minimum atomic E-state index is -4.13. The molecule has 0 saturated carbocycles. The molecule has 0 spiro atoms. The average molecular weight is 320 g/mol. The SMILES string of the molecule is CC(C)(C)CCNC(=O)/C=C\C[C@@H]1CCN(CC(F)(F)F)C1. The molecule has 22 heavy (non-hydrogen) atoms. The lowest BCUT2D eigenvalue weighted by Crippen LogP contribution is -2.32. The second-order valence-corrected chi connectivity index (χ2v) is 7.24. The van der Waals surface area contributed by atoms with Crippen LogP contribution in [0, 0.1) is 11.3 Å². The number of halogens is 3. The lowest BCUT2D eigenvalue weighted by Gasteiger charge is -2.17. The van der Waals surface area contributed by atoms with Gasteiger partial charge in [0.25, 0.3) is 0 Å². The minimum Gasteiger partial charge on any atom is -0.353 e. The van der Waals surface area contributed by atoms with Crippen molar-refractivity contribution in [2.45, 2.75) is 46.2 Å². The Kier molecular flexibility index (Phi) is 6.91. The summed E-state index contributed by atoms with van der Waals surface area (Å²) in [5.41, 5.74) is 0.183. The van der Waals surface area contributed by atoms with Crippen molar-refractivity contribution in [3.8, 4) is 0 Å². The fourth-order valence-corrected chi connectivity index (χ4v) is 2.49. The van der Waals surface area contributed by atoms with Gasteiger partial charge in [-0.3, -0.25) is 9.69 Å². The summed E-state index contributed by atoms with van der Waals surface area (Å²) in [4.78, 5) is 13.0. The van der Waals surface area contributed by atoms with Crippen LogP contribution in [-0.2, 0) is 4.79 Å². The Morgan fingerprint density at radius 3 is 2.59 bits per heavy atom. The van der Waals surface area contributed by atoms with Gasteiger partial charge in [0.1, 0.15) is 0 Å². The van der Waals surface area contributed by atoms with Crippen LogP contribution in [0.5, 0.6) is 0 Å². The van der Waals surface area contributed by atoms with Crippen molar-refractivity contribution in [3.63, 3.8) is 0 Å². The fourth-order valence-electron chi connectivity index (χ4n) is 2.49. The molecule has 128 valence electrons. The van der Waals surface area contributed by atoms with E-state index in [0.29, 0.717) is 26.1 Å². The molecule has 1 aliphatic heterocycles. The van der Waals surface area contributed by atoms with Gasteiger partial charge in [0, 0.05) is 13.1 Å². The first kappa shape index (κ1) is 19.0. The van der Waals surface area contributed by atoms with Crippen LogP contribution in [0.15, 0.2) is 12.2 Å². The van der Waals surface area contributed by atoms with Gasteiger partial charge in [0.15, 0.2) is 0 Å². The molecule has 0 radical (unpaired) electrons. The molecule has 0 aromatic carbocycles. The molecule has 1 atom stereocenters. The van der Waals surface area contributed by atoms with Crippen molar-refractivity contribution in [2.24, 2.45) is 11.3 Å². The number of carbonyl (C=O) groups excluding carboxylic acids is 1. The minimum absolute atomic E-state index is 0.130. The normalized spacial score (nSPS) is 20.7. The molecule has 0 unspecified atom stereocenters. The number of rotatable bonds is 6. The smallest absolute Gasteiger partial charge is 0.353 e. The van der Waals surface area contributed by atoms with Crippen molar-refractivity contribution >= 4 is 5.91 Å². The summed E-state index contributed by atoms with van der Waals surface area (Å²) in [6, 6.07) is 0. The van der Waals surface area contributed by atoms with Crippen LogP contribution in [0.2, 0.25) is 0 Å². The summed E-state index contributed by atoms with van der Waals surface area (Å²) in [5.74, 6) is 0.0790. The molecule has 6 heteroatoms. The predicted octanol–water partition coefficient (Wildman–Crippen LogP) is 3.37. The highest BCUT2D eigenvalue weighted by atomic mass is 19.4. The molecule has 1 N–H and O–H groups in total. The number of alkyl halides is 3. The van der Waals surface area contributed by atoms with Gasteiger partial charge in [-0.25, -0.2) is 0 Å². The number of allylic oxidation sites excluding steroid dienone is 1. The van der Waals surface area contributed by atoms with Crippen LogP contribution in [-0.4, -0.2) is 43.2 Å². The zero-order valence-electron chi connectivity index (χ0n) is 13.7. The highest BCUT2D eigenvalue weighted by molar-refractivity contribution is 5.87. The summed E-state index contributed by atoms with van der Waals surface area (Å²) < 4.78 is 36.9. The van der Waals surface area contributed by atoms with Crippen LogP contribution in [0.3, 0.4) is 0 Å². The maximum absolute atomic E-state index is 12.3. The topological polar surface area (TPSA) is 32.3 Å². The predicted molar refractivity (Wildman–Crippen MR) is 81.4 cm³/mol. The van der Waals surface area contributed by atoms with Crippen LogP contribution in [0.1, 0.15) is 40.0 Å². The molecule has 1 aliphatic rings. The third-order valence-electron chi connectivity index (χ3n) is 3.69. The van der Waals surface area contributed by atoms with E-state index in [2.05, 4.69) is 26.1 Å². The van der Waals surface area contributed by atoms with Crippen molar-refractivity contribution < 1.29 is 18.0 Å². The molecule has 1 heterocycles. The Labute approximate surface area is 130 Å². The molecule has 0 bridgehead atoms. The summed E-state index contributed by atoms with van der Waals surface area (Å²) in [7, 11) is 0. The largest absolute Gasteiger partial charge is 0.401 e. The van der Waals surface area contributed by atoms with Crippen molar-refractivity contribution in [3.05, 3.63) is 12.2 Å². The Balaban J connectivity index is 2.19. The zero-order chi connectivity index (χ0) is 16.8. The van der Waals surface area contributed by atoms with Crippen molar-refractivity contribution in [1.82, 2.24) is 10.2 Å². The number of likely N-dealkylation sites (tertiary alicyclic amines) is 1. The van der Waals surface area contributed by atoms with Gasteiger partial charge >= 0.3 is 6.18 Å². The Morgan fingerprint density at radius 2 is 2.00 bits per heavy atom. The number of hydrogen-bond donors (Lipinski definition) is 1. The first-order valence-corrected chi connectivity index (χ1v) is 7.79. The van der Waals surface area contributed by atoms with Gasteiger partial charge in [0.2, 0.25) is 5.91 Å². The van der Waals surface area contributed by atoms with Gasteiger partial charge in [-0.1, -0.05) is 26.8 Å². The molecular weight excluding hydrogens is 293 g/mol. The number of nitrogens with one attached hydrogen (secondary N) is 1. The molecule has 0 aromatic rings. The first-order valence-electron chi connectivity index (χ1n) is 7.79. The first-order chi connectivity index (χ1) is 10.1. The van der Waals surface area contributed by atoms with Crippen LogP contribution in [0.4, 0.5) is 13.2 Å². The zero-order valence-corrected chi connectivity index (χ0v) is 13.7. The van der Waals surface area contributed by atoms with E-state index >= 15 is 0 Å². The second-order valence-electron chi connectivity index (χ2n) is 7.24. The molecule has 0 aliphatic carbocycles. The molecule has 1 fully saturated rings. The molecule has 0 aromatic heterocycles. The van der Waals surface area contributed by atoms with E-state index in [1.54, 1.807) is 6.08 Å². The van der Waals surface area contributed by atoms with Crippen molar-refractivity contribution in [2.75, 3.05) is 26.2 Å². The summed E-state index contributed by atoms with van der Waals surface area (Å²) in [6.45, 7) is 7.08. The van der Waals surface area contributed by atoms with E-state index in [1.807, 2.05) is 0 Å². The van der Waals surface area contributed by atoms with E-state index in [-0.39, 0.29) is 17.2 Å². The fraction of sp³-hybridized carbons (Fsp3) is 0.812. The Hall–Kier alpha value is -1.04. The maximum atomic E-state index is 12.3. The molecule has 3 nitrogen and oxygen atoms in total. The summed E-state index contributed by atoms with van der Waals surface area (Å²) >= 11 is 0.